The molecule has 2 atom stereocenters. The van der Waals surface area contributed by atoms with Gasteiger partial charge in [0.05, 0.1) is 6.42 Å². The largest absolute Gasteiger partial charge is 0.355 e. The highest BCUT2D eigenvalue weighted by atomic mass is 16.2. The predicted molar refractivity (Wildman–Crippen MR) is 63.7 cm³/mol. The summed E-state index contributed by atoms with van der Waals surface area (Å²) in [5, 5.41) is 2.70. The average Bonchev–Trinajstić information content (AvgIpc) is 2.39. The van der Waals surface area contributed by atoms with Crippen molar-refractivity contribution in [2.75, 3.05) is 6.54 Å². The maximum atomic E-state index is 11.2. The van der Waals surface area contributed by atoms with Gasteiger partial charge in [-0.1, -0.05) is 41.5 Å². The third-order valence-corrected chi connectivity index (χ3v) is 2.32. The van der Waals surface area contributed by atoms with Gasteiger partial charge in [0, 0.05) is 12.5 Å². The fourth-order valence-electron chi connectivity index (χ4n) is 1.15. The maximum absolute atomic E-state index is 11.2. The Kier molecular flexibility index (Phi) is 10.7. The number of amides is 1. The molecule has 1 aliphatic rings. The van der Waals surface area contributed by atoms with Crippen molar-refractivity contribution in [1.29, 1.82) is 0 Å². The quantitative estimate of drug-likeness (QED) is 0.631. The minimum atomic E-state index is -0.133. The molecule has 1 saturated heterocycles. The second-order valence-corrected chi connectivity index (χ2v) is 3.21. The van der Waals surface area contributed by atoms with E-state index in [0.717, 1.165) is 0 Å². The van der Waals surface area contributed by atoms with Gasteiger partial charge in [-0.15, -0.1) is 0 Å². The zero-order valence-corrected chi connectivity index (χ0v) is 10.9. The Morgan fingerprint density at radius 3 is 2.00 bits per heavy atom. The molecule has 1 rings (SSSR count). The third-order valence-electron chi connectivity index (χ3n) is 2.32. The molecule has 1 N–H and O–H groups in total. The van der Waals surface area contributed by atoms with Gasteiger partial charge in [-0.25, -0.2) is 0 Å². The molecule has 0 radical (unpaired) electrons. The number of ketones is 1. The van der Waals surface area contributed by atoms with Crippen LogP contribution in [0.1, 0.15) is 48.0 Å². The number of rotatable bonds is 0. The van der Waals surface area contributed by atoms with Crippen molar-refractivity contribution in [2.24, 2.45) is 11.8 Å². The summed E-state index contributed by atoms with van der Waals surface area (Å²) in [7, 11) is 0. The number of hydrogen-bond acceptors (Lipinski definition) is 2. The molecule has 1 amide bonds. The molecule has 15 heavy (non-hydrogen) atoms. The van der Waals surface area contributed by atoms with Crippen LogP contribution in [0.25, 0.3) is 0 Å². The molecule has 3 heteroatoms. The van der Waals surface area contributed by atoms with Gasteiger partial charge in [0.15, 0.2) is 0 Å². The Morgan fingerprint density at radius 1 is 1.07 bits per heavy atom. The van der Waals surface area contributed by atoms with Crippen LogP contribution >= 0.6 is 0 Å². The molecule has 0 aromatic heterocycles. The Balaban J connectivity index is 0. The Morgan fingerprint density at radius 2 is 1.53 bits per heavy atom. The van der Waals surface area contributed by atoms with E-state index in [-0.39, 0.29) is 29.9 Å². The van der Waals surface area contributed by atoms with E-state index < -0.39 is 0 Å². The van der Waals surface area contributed by atoms with Crippen LogP contribution < -0.4 is 5.32 Å². The van der Waals surface area contributed by atoms with E-state index in [4.69, 9.17) is 0 Å². The minimum absolute atomic E-state index is 0.0222. The number of hydrogen-bond donors (Lipinski definition) is 1. The van der Waals surface area contributed by atoms with Crippen LogP contribution in [0.3, 0.4) is 0 Å². The van der Waals surface area contributed by atoms with Crippen molar-refractivity contribution in [3.63, 3.8) is 0 Å². The van der Waals surface area contributed by atoms with Crippen LogP contribution in [0.4, 0.5) is 0 Å². The summed E-state index contributed by atoms with van der Waals surface area (Å²) in [6.07, 6.45) is 0.0610. The molecule has 1 aliphatic heterocycles. The van der Waals surface area contributed by atoms with Gasteiger partial charge >= 0.3 is 0 Å². The summed E-state index contributed by atoms with van der Waals surface area (Å²) in [6, 6.07) is 0. The molecule has 0 aromatic carbocycles. The third kappa shape index (κ3) is 6.26. The highest BCUT2D eigenvalue weighted by molar-refractivity contribution is 5.99. The molecule has 0 saturated carbocycles. The zero-order chi connectivity index (χ0) is 12.4. The normalized spacial score (nSPS) is 24.9. The molecule has 3 nitrogen and oxygen atoms in total. The first-order valence-electron chi connectivity index (χ1n) is 5.90. The van der Waals surface area contributed by atoms with Crippen molar-refractivity contribution in [2.45, 2.75) is 48.0 Å². The fraction of sp³-hybridized carbons (Fsp3) is 0.833. The highest BCUT2D eigenvalue weighted by Gasteiger charge is 2.25. The Hall–Kier alpha value is -0.860. The lowest BCUT2D eigenvalue weighted by Crippen LogP contribution is -2.25. The van der Waals surface area contributed by atoms with Gasteiger partial charge in [0.25, 0.3) is 0 Å². The second-order valence-electron chi connectivity index (χ2n) is 3.21. The van der Waals surface area contributed by atoms with Gasteiger partial charge < -0.3 is 5.32 Å². The number of carbonyl (C=O) groups is 2. The number of Topliss-reactive ketones (excluding diaryl/α,β-unsaturated/α-hetero) is 1. The van der Waals surface area contributed by atoms with Crippen LogP contribution in [0.2, 0.25) is 0 Å². The van der Waals surface area contributed by atoms with E-state index in [1.165, 1.54) is 0 Å². The lowest BCUT2D eigenvalue weighted by atomic mass is 9.92. The predicted octanol–water partition coefficient (Wildman–Crippen LogP) is 2.40. The monoisotopic (exact) mass is 215 g/mol. The van der Waals surface area contributed by atoms with Crippen LogP contribution in [0, 0.1) is 11.8 Å². The Labute approximate surface area is 93.6 Å². The lowest BCUT2D eigenvalue weighted by Gasteiger charge is -2.12. The van der Waals surface area contributed by atoms with E-state index in [2.05, 4.69) is 5.32 Å². The van der Waals surface area contributed by atoms with E-state index in [9.17, 15) is 9.59 Å². The molecule has 0 aromatic rings. The van der Waals surface area contributed by atoms with Crippen molar-refractivity contribution in [3.05, 3.63) is 0 Å². The summed E-state index contributed by atoms with van der Waals surface area (Å²) >= 11 is 0. The first kappa shape index (κ1) is 16.6. The standard InChI is InChI=1S/C8H13NO2.2C2H6/c1-5-4-9-8(11)3-7(10)6(5)2;2*1-2/h5-6H,3-4H2,1-2H3,(H,9,11);2*1-2H3. The van der Waals surface area contributed by atoms with E-state index in [1.54, 1.807) is 0 Å². The van der Waals surface area contributed by atoms with Crippen LogP contribution in [-0.4, -0.2) is 18.2 Å². The van der Waals surface area contributed by atoms with E-state index in [0.29, 0.717) is 6.54 Å². The molecule has 90 valence electrons. The summed E-state index contributed by atoms with van der Waals surface area (Å²) < 4.78 is 0. The molecule has 1 fully saturated rings. The van der Waals surface area contributed by atoms with Crippen molar-refractivity contribution in [1.82, 2.24) is 5.32 Å². The molecular weight excluding hydrogens is 190 g/mol. The molecule has 0 bridgehead atoms. The number of carbonyl (C=O) groups excluding carboxylic acids is 2. The maximum Gasteiger partial charge on any atom is 0.227 e. The van der Waals surface area contributed by atoms with Crippen molar-refractivity contribution in [3.8, 4) is 0 Å². The fourth-order valence-corrected chi connectivity index (χ4v) is 1.15. The van der Waals surface area contributed by atoms with Gasteiger partial charge in [-0.3, -0.25) is 9.59 Å². The van der Waals surface area contributed by atoms with E-state index in [1.807, 2.05) is 41.5 Å². The van der Waals surface area contributed by atoms with Gasteiger partial charge in [-0.05, 0) is 5.92 Å². The summed E-state index contributed by atoms with van der Waals surface area (Å²) in [6.45, 7) is 12.5. The average molecular weight is 215 g/mol. The first-order valence-corrected chi connectivity index (χ1v) is 5.90. The summed E-state index contributed by atoms with van der Waals surface area (Å²) in [5.74, 6) is 0.224. The topological polar surface area (TPSA) is 46.2 Å². The first-order chi connectivity index (χ1) is 7.11. The molecule has 1 heterocycles. The smallest absolute Gasteiger partial charge is 0.227 e. The SMILES string of the molecule is CC.CC.CC1CNC(=O)CC(=O)C1C. The van der Waals surface area contributed by atoms with Crippen LogP contribution in [0.15, 0.2) is 0 Å². The number of nitrogens with one attached hydrogen (secondary N) is 1. The van der Waals surface area contributed by atoms with Gasteiger partial charge in [0.1, 0.15) is 5.78 Å². The zero-order valence-electron chi connectivity index (χ0n) is 10.9. The molecular formula is C12H25NO2. The lowest BCUT2D eigenvalue weighted by molar-refractivity contribution is -0.128. The highest BCUT2D eigenvalue weighted by Crippen LogP contribution is 2.15. The van der Waals surface area contributed by atoms with E-state index >= 15 is 0 Å². The van der Waals surface area contributed by atoms with Crippen molar-refractivity contribution < 1.29 is 9.59 Å². The second kappa shape index (κ2) is 9.69. The molecule has 0 spiro atoms. The molecule has 2 unspecified atom stereocenters. The van der Waals surface area contributed by atoms with Gasteiger partial charge in [0.2, 0.25) is 5.91 Å². The van der Waals surface area contributed by atoms with Crippen LogP contribution in [-0.2, 0) is 9.59 Å². The minimum Gasteiger partial charge on any atom is -0.355 e. The summed E-state index contributed by atoms with van der Waals surface area (Å²) in [4.78, 5) is 22.0. The molecule has 0 aliphatic carbocycles. The summed E-state index contributed by atoms with van der Waals surface area (Å²) in [5.41, 5.74) is 0. The van der Waals surface area contributed by atoms with Gasteiger partial charge in [-0.2, -0.15) is 0 Å². The van der Waals surface area contributed by atoms with Crippen LogP contribution in [0.5, 0.6) is 0 Å². The van der Waals surface area contributed by atoms with Crippen molar-refractivity contribution >= 4 is 11.7 Å². The Bertz CT molecular complexity index is 190.